The van der Waals surface area contributed by atoms with Crippen LogP contribution >= 0.6 is 0 Å². The average Bonchev–Trinajstić information content (AvgIpc) is 2.47. The van der Waals surface area contributed by atoms with E-state index in [1.54, 1.807) is 0 Å². The number of ether oxygens (including phenoxy) is 2. The summed E-state index contributed by atoms with van der Waals surface area (Å²) >= 11 is 0. The highest BCUT2D eigenvalue weighted by atomic mass is 16.6. The molecule has 0 spiro atoms. The van der Waals surface area contributed by atoms with Crippen molar-refractivity contribution in [2.75, 3.05) is 0 Å². The fraction of sp³-hybridized carbons (Fsp3) is 0.900. The number of esters is 2. The van der Waals surface area contributed by atoms with Gasteiger partial charge in [0, 0.05) is 0 Å². The van der Waals surface area contributed by atoms with Gasteiger partial charge in [-0.1, -0.05) is 54.9 Å². The number of rotatable bonds is 11. The predicted molar refractivity (Wildman–Crippen MR) is 97.7 cm³/mol. The van der Waals surface area contributed by atoms with Crippen LogP contribution in [0.4, 0.5) is 0 Å². The van der Waals surface area contributed by atoms with Crippen molar-refractivity contribution in [1.82, 2.24) is 0 Å². The molecular weight excluding hydrogens is 304 g/mol. The Kier molecular flexibility index (Phi) is 10.3. The van der Waals surface area contributed by atoms with Gasteiger partial charge in [-0.3, -0.25) is 9.59 Å². The minimum Gasteiger partial charge on any atom is -0.462 e. The van der Waals surface area contributed by atoms with Crippen molar-refractivity contribution in [3.05, 3.63) is 0 Å². The summed E-state index contributed by atoms with van der Waals surface area (Å²) < 4.78 is 11.3. The summed E-state index contributed by atoms with van der Waals surface area (Å²) in [7, 11) is 0. The summed E-state index contributed by atoms with van der Waals surface area (Å²) in [5.41, 5.74) is -1.19. The van der Waals surface area contributed by atoms with Crippen LogP contribution in [0, 0.1) is 17.3 Å². The summed E-state index contributed by atoms with van der Waals surface area (Å²) in [5.74, 6) is -0.200. The molecule has 0 saturated carbocycles. The summed E-state index contributed by atoms with van der Waals surface area (Å²) in [5, 5.41) is 0. The second-order valence-corrected chi connectivity index (χ2v) is 7.61. The van der Waals surface area contributed by atoms with Gasteiger partial charge in [-0.25, -0.2) is 0 Å². The Labute approximate surface area is 148 Å². The van der Waals surface area contributed by atoms with Gasteiger partial charge in [0.25, 0.3) is 0 Å². The van der Waals surface area contributed by atoms with E-state index in [4.69, 9.17) is 9.47 Å². The van der Waals surface area contributed by atoms with E-state index in [-0.39, 0.29) is 18.1 Å². The fourth-order valence-corrected chi connectivity index (χ4v) is 2.98. The molecule has 0 fully saturated rings. The molecule has 0 aliphatic heterocycles. The zero-order chi connectivity index (χ0) is 18.9. The summed E-state index contributed by atoms with van der Waals surface area (Å²) in [6.45, 7) is 15.9. The SMILES string of the molecule is CCCC(OC(=O)C(CC)(CC)C(=O)OC(C)CC(C)C)C(C)C. The third-order valence-electron chi connectivity index (χ3n) is 4.68. The van der Waals surface area contributed by atoms with Crippen molar-refractivity contribution in [1.29, 1.82) is 0 Å². The molecule has 142 valence electrons. The van der Waals surface area contributed by atoms with Crippen LogP contribution in [0.25, 0.3) is 0 Å². The lowest BCUT2D eigenvalue weighted by atomic mass is 9.82. The molecule has 2 unspecified atom stereocenters. The van der Waals surface area contributed by atoms with Crippen molar-refractivity contribution in [3.63, 3.8) is 0 Å². The topological polar surface area (TPSA) is 52.6 Å². The molecule has 0 aromatic rings. The molecule has 0 radical (unpaired) electrons. The zero-order valence-electron chi connectivity index (χ0n) is 17.0. The minimum absolute atomic E-state index is 0.152. The molecule has 0 bridgehead atoms. The third kappa shape index (κ3) is 6.45. The van der Waals surface area contributed by atoms with Crippen molar-refractivity contribution in [3.8, 4) is 0 Å². The lowest BCUT2D eigenvalue weighted by Gasteiger charge is -2.31. The van der Waals surface area contributed by atoms with Crippen LogP contribution in [0.2, 0.25) is 0 Å². The quantitative estimate of drug-likeness (QED) is 0.385. The third-order valence-corrected chi connectivity index (χ3v) is 4.68. The van der Waals surface area contributed by atoms with E-state index in [9.17, 15) is 9.59 Å². The van der Waals surface area contributed by atoms with Crippen LogP contribution in [-0.2, 0) is 19.1 Å². The van der Waals surface area contributed by atoms with E-state index >= 15 is 0 Å². The Hall–Kier alpha value is -1.06. The maximum atomic E-state index is 12.8. The van der Waals surface area contributed by atoms with E-state index in [0.717, 1.165) is 19.3 Å². The Balaban J connectivity index is 5.19. The lowest BCUT2D eigenvalue weighted by Crippen LogP contribution is -2.44. The van der Waals surface area contributed by atoms with Gasteiger partial charge in [0.1, 0.15) is 6.10 Å². The Morgan fingerprint density at radius 3 is 1.75 bits per heavy atom. The first kappa shape index (κ1) is 22.9. The minimum atomic E-state index is -1.19. The maximum absolute atomic E-state index is 12.8. The summed E-state index contributed by atoms with van der Waals surface area (Å²) in [4.78, 5) is 25.6. The zero-order valence-corrected chi connectivity index (χ0v) is 17.0. The Morgan fingerprint density at radius 2 is 1.38 bits per heavy atom. The molecule has 0 aromatic heterocycles. The van der Waals surface area contributed by atoms with Gasteiger partial charge >= 0.3 is 11.9 Å². The highest BCUT2D eigenvalue weighted by Crippen LogP contribution is 2.32. The molecule has 0 amide bonds. The van der Waals surface area contributed by atoms with Crippen molar-refractivity contribution >= 4 is 11.9 Å². The first-order valence-corrected chi connectivity index (χ1v) is 9.56. The molecule has 0 saturated heterocycles. The van der Waals surface area contributed by atoms with Crippen LogP contribution in [-0.4, -0.2) is 24.1 Å². The summed E-state index contributed by atoms with van der Waals surface area (Å²) in [6.07, 6.45) is 2.98. The van der Waals surface area contributed by atoms with Crippen molar-refractivity contribution < 1.29 is 19.1 Å². The van der Waals surface area contributed by atoms with E-state index < -0.39 is 17.4 Å². The normalized spacial score (nSPS) is 14.6. The number of hydrogen-bond donors (Lipinski definition) is 0. The smallest absolute Gasteiger partial charge is 0.323 e. The molecule has 0 aromatic carbocycles. The standard InChI is InChI=1S/C20H38O4/c1-9-12-17(15(6)7)24-19(22)20(10-2,11-3)18(21)23-16(8)13-14(4)5/h14-17H,9-13H2,1-8H3. The average molecular weight is 343 g/mol. The molecule has 0 heterocycles. The summed E-state index contributed by atoms with van der Waals surface area (Å²) in [6, 6.07) is 0. The van der Waals surface area contributed by atoms with Crippen LogP contribution in [0.1, 0.15) is 87.5 Å². The van der Waals surface area contributed by atoms with Crippen molar-refractivity contribution in [2.45, 2.75) is 99.7 Å². The van der Waals surface area contributed by atoms with Gasteiger partial charge < -0.3 is 9.47 Å². The molecule has 4 heteroatoms. The van der Waals surface area contributed by atoms with Crippen LogP contribution in [0.5, 0.6) is 0 Å². The highest BCUT2D eigenvalue weighted by molar-refractivity contribution is 6.00. The monoisotopic (exact) mass is 342 g/mol. The fourth-order valence-electron chi connectivity index (χ4n) is 2.98. The van der Waals surface area contributed by atoms with Gasteiger partial charge in [0.2, 0.25) is 0 Å². The van der Waals surface area contributed by atoms with Crippen LogP contribution in [0.15, 0.2) is 0 Å². The molecule has 0 aliphatic carbocycles. The van der Waals surface area contributed by atoms with Gasteiger partial charge in [0.05, 0.1) is 6.10 Å². The Bertz CT molecular complexity index is 383. The van der Waals surface area contributed by atoms with Gasteiger partial charge in [-0.05, 0) is 44.4 Å². The van der Waals surface area contributed by atoms with E-state index in [0.29, 0.717) is 18.8 Å². The first-order valence-electron chi connectivity index (χ1n) is 9.56. The van der Waals surface area contributed by atoms with Crippen molar-refractivity contribution in [2.24, 2.45) is 17.3 Å². The van der Waals surface area contributed by atoms with E-state index in [2.05, 4.69) is 20.8 Å². The lowest BCUT2D eigenvalue weighted by molar-refractivity contribution is -0.181. The van der Waals surface area contributed by atoms with Gasteiger partial charge in [0.15, 0.2) is 5.41 Å². The highest BCUT2D eigenvalue weighted by Gasteiger charge is 2.47. The molecular formula is C20H38O4. The maximum Gasteiger partial charge on any atom is 0.323 e. The largest absolute Gasteiger partial charge is 0.462 e. The molecule has 0 aliphatic rings. The number of hydrogen-bond acceptors (Lipinski definition) is 4. The van der Waals surface area contributed by atoms with E-state index in [1.807, 2.05) is 34.6 Å². The molecule has 2 atom stereocenters. The van der Waals surface area contributed by atoms with Crippen LogP contribution < -0.4 is 0 Å². The van der Waals surface area contributed by atoms with Gasteiger partial charge in [-0.2, -0.15) is 0 Å². The second-order valence-electron chi connectivity index (χ2n) is 7.61. The molecule has 24 heavy (non-hydrogen) atoms. The first-order chi connectivity index (χ1) is 11.1. The predicted octanol–water partition coefficient (Wildman–Crippen LogP) is 5.14. The second kappa shape index (κ2) is 10.7. The van der Waals surface area contributed by atoms with E-state index in [1.165, 1.54) is 0 Å². The molecule has 0 N–H and O–H groups in total. The molecule has 0 rings (SSSR count). The molecule has 4 nitrogen and oxygen atoms in total. The number of carbonyl (C=O) groups is 2. The van der Waals surface area contributed by atoms with Gasteiger partial charge in [-0.15, -0.1) is 0 Å². The van der Waals surface area contributed by atoms with Crippen LogP contribution in [0.3, 0.4) is 0 Å². The Morgan fingerprint density at radius 1 is 0.875 bits per heavy atom. The number of carbonyl (C=O) groups excluding carboxylic acids is 2.